The number of nitrogens with zero attached hydrogens (tertiary/aromatic N) is 4. The third-order valence-corrected chi connectivity index (χ3v) is 3.47. The Balaban J connectivity index is 1.68. The van der Waals surface area contributed by atoms with Crippen molar-refractivity contribution in [1.29, 1.82) is 0 Å². The molecule has 96 valence electrons. The molecule has 1 N–H and O–H groups in total. The summed E-state index contributed by atoms with van der Waals surface area (Å²) in [6.45, 7) is 1.89. The molecule has 0 aliphatic rings. The van der Waals surface area contributed by atoms with E-state index in [1.54, 1.807) is 11.8 Å². The van der Waals surface area contributed by atoms with Crippen molar-refractivity contribution < 1.29 is 0 Å². The van der Waals surface area contributed by atoms with Gasteiger partial charge in [0.15, 0.2) is 0 Å². The first kappa shape index (κ1) is 12.0. The normalized spacial score (nSPS) is 10.8. The lowest BCUT2D eigenvalue weighted by molar-refractivity contribution is 0.858. The van der Waals surface area contributed by atoms with Crippen LogP contribution in [0.1, 0.15) is 11.5 Å². The molecular weight excluding hydrogens is 258 g/mol. The van der Waals surface area contributed by atoms with Crippen LogP contribution in [0.4, 0.5) is 0 Å². The van der Waals surface area contributed by atoms with Gasteiger partial charge in [-0.05, 0) is 25.1 Å². The summed E-state index contributed by atoms with van der Waals surface area (Å²) in [4.78, 5) is 4.25. The van der Waals surface area contributed by atoms with Crippen LogP contribution in [-0.2, 0) is 5.75 Å². The summed E-state index contributed by atoms with van der Waals surface area (Å²) in [6.07, 6.45) is 1.97. The smallest absolute Gasteiger partial charge is 0.208 e. The standard InChI is InChI=1S/C13H13N5S/c1-10-14-13(16-15-10)19-9-11-7-8-18(17-11)12-5-3-2-4-6-12/h2-8H,9H2,1H3,(H,14,15,16). The van der Waals surface area contributed by atoms with Gasteiger partial charge in [0.1, 0.15) is 5.82 Å². The van der Waals surface area contributed by atoms with Crippen molar-refractivity contribution in [3.05, 3.63) is 54.1 Å². The minimum Gasteiger partial charge on any atom is -0.262 e. The van der Waals surface area contributed by atoms with Crippen molar-refractivity contribution in [2.45, 2.75) is 17.8 Å². The van der Waals surface area contributed by atoms with Crippen LogP contribution in [0.15, 0.2) is 47.8 Å². The number of aromatic nitrogens is 5. The van der Waals surface area contributed by atoms with E-state index in [-0.39, 0.29) is 0 Å². The number of para-hydroxylation sites is 1. The number of H-pyrrole nitrogens is 1. The number of thioether (sulfide) groups is 1. The summed E-state index contributed by atoms with van der Waals surface area (Å²) < 4.78 is 1.87. The number of aromatic amines is 1. The van der Waals surface area contributed by atoms with E-state index < -0.39 is 0 Å². The van der Waals surface area contributed by atoms with Crippen molar-refractivity contribution in [2.75, 3.05) is 0 Å². The number of aryl methyl sites for hydroxylation is 1. The van der Waals surface area contributed by atoms with Gasteiger partial charge in [-0.2, -0.15) is 5.10 Å². The average Bonchev–Trinajstić information content (AvgIpc) is 3.06. The zero-order valence-corrected chi connectivity index (χ0v) is 11.3. The fraction of sp³-hybridized carbons (Fsp3) is 0.154. The zero-order chi connectivity index (χ0) is 13.1. The van der Waals surface area contributed by atoms with E-state index in [1.807, 2.05) is 54.2 Å². The largest absolute Gasteiger partial charge is 0.262 e. The maximum Gasteiger partial charge on any atom is 0.208 e. The molecule has 0 radical (unpaired) electrons. The predicted octanol–water partition coefficient (Wildman–Crippen LogP) is 2.59. The number of benzene rings is 1. The molecule has 0 bridgehead atoms. The fourth-order valence-electron chi connectivity index (χ4n) is 1.69. The Morgan fingerprint density at radius 1 is 1.21 bits per heavy atom. The average molecular weight is 271 g/mol. The summed E-state index contributed by atoms with van der Waals surface area (Å²) in [5, 5.41) is 12.2. The Hall–Kier alpha value is -2.08. The summed E-state index contributed by atoms with van der Waals surface area (Å²) in [5.74, 6) is 1.59. The van der Waals surface area contributed by atoms with Crippen LogP contribution in [0.25, 0.3) is 5.69 Å². The monoisotopic (exact) mass is 271 g/mol. The molecule has 0 spiro atoms. The molecule has 3 aromatic rings. The van der Waals surface area contributed by atoms with Gasteiger partial charge in [0.05, 0.1) is 11.4 Å². The Morgan fingerprint density at radius 3 is 2.79 bits per heavy atom. The van der Waals surface area contributed by atoms with Crippen molar-refractivity contribution in [2.24, 2.45) is 0 Å². The van der Waals surface area contributed by atoms with E-state index in [1.165, 1.54) is 0 Å². The van der Waals surface area contributed by atoms with Crippen LogP contribution >= 0.6 is 11.8 Å². The highest BCUT2D eigenvalue weighted by atomic mass is 32.2. The highest BCUT2D eigenvalue weighted by molar-refractivity contribution is 7.98. The van der Waals surface area contributed by atoms with Crippen LogP contribution in [-0.4, -0.2) is 25.0 Å². The first-order valence-electron chi connectivity index (χ1n) is 5.93. The van der Waals surface area contributed by atoms with Gasteiger partial charge in [0, 0.05) is 11.9 Å². The Labute approximate surface area is 115 Å². The fourth-order valence-corrected chi connectivity index (χ4v) is 2.43. The van der Waals surface area contributed by atoms with Gasteiger partial charge in [-0.15, -0.1) is 5.10 Å². The third-order valence-electron chi connectivity index (χ3n) is 2.59. The first-order chi connectivity index (χ1) is 9.31. The molecule has 3 rings (SSSR count). The van der Waals surface area contributed by atoms with E-state index >= 15 is 0 Å². The second-order valence-electron chi connectivity index (χ2n) is 4.08. The molecule has 0 saturated carbocycles. The lowest BCUT2D eigenvalue weighted by atomic mass is 10.3. The minimum absolute atomic E-state index is 0.756. The van der Waals surface area contributed by atoms with Gasteiger partial charge < -0.3 is 0 Å². The SMILES string of the molecule is Cc1nc(SCc2ccn(-c3ccccc3)n2)n[nH]1. The second kappa shape index (κ2) is 5.27. The molecule has 19 heavy (non-hydrogen) atoms. The van der Waals surface area contributed by atoms with E-state index in [4.69, 9.17) is 0 Å². The number of rotatable bonds is 4. The van der Waals surface area contributed by atoms with Gasteiger partial charge in [0.2, 0.25) is 5.16 Å². The predicted molar refractivity (Wildman–Crippen MR) is 74.2 cm³/mol. The van der Waals surface area contributed by atoms with Crippen LogP contribution in [0, 0.1) is 6.92 Å². The van der Waals surface area contributed by atoms with Gasteiger partial charge in [0.25, 0.3) is 0 Å². The quantitative estimate of drug-likeness (QED) is 0.741. The van der Waals surface area contributed by atoms with Crippen molar-refractivity contribution in [3.8, 4) is 5.69 Å². The van der Waals surface area contributed by atoms with Crippen molar-refractivity contribution in [3.63, 3.8) is 0 Å². The van der Waals surface area contributed by atoms with E-state index in [0.717, 1.165) is 28.1 Å². The second-order valence-corrected chi connectivity index (χ2v) is 5.02. The Morgan fingerprint density at radius 2 is 2.05 bits per heavy atom. The molecule has 6 heteroatoms. The van der Waals surface area contributed by atoms with Crippen LogP contribution in [0.5, 0.6) is 0 Å². The Kier molecular flexibility index (Phi) is 3.33. The molecular formula is C13H13N5S. The molecule has 2 aromatic heterocycles. The molecule has 1 aromatic carbocycles. The van der Waals surface area contributed by atoms with E-state index in [2.05, 4.69) is 20.3 Å². The van der Waals surface area contributed by atoms with Crippen molar-refractivity contribution >= 4 is 11.8 Å². The number of hydrogen-bond acceptors (Lipinski definition) is 4. The summed E-state index contributed by atoms with van der Waals surface area (Å²) in [7, 11) is 0. The van der Waals surface area contributed by atoms with Crippen LogP contribution < -0.4 is 0 Å². The Bertz CT molecular complexity index is 658. The minimum atomic E-state index is 0.756. The van der Waals surface area contributed by atoms with Gasteiger partial charge in [-0.25, -0.2) is 9.67 Å². The van der Waals surface area contributed by atoms with Crippen molar-refractivity contribution in [1.82, 2.24) is 25.0 Å². The van der Waals surface area contributed by atoms with E-state index in [9.17, 15) is 0 Å². The topological polar surface area (TPSA) is 59.4 Å². The highest BCUT2D eigenvalue weighted by Gasteiger charge is 2.04. The first-order valence-corrected chi connectivity index (χ1v) is 6.91. The van der Waals surface area contributed by atoms with Gasteiger partial charge in [-0.1, -0.05) is 30.0 Å². The maximum atomic E-state index is 4.53. The lowest BCUT2D eigenvalue weighted by Crippen LogP contribution is -1.95. The van der Waals surface area contributed by atoms with Crippen LogP contribution in [0.3, 0.4) is 0 Å². The van der Waals surface area contributed by atoms with Gasteiger partial charge >= 0.3 is 0 Å². The molecule has 0 fully saturated rings. The molecule has 0 saturated heterocycles. The lowest BCUT2D eigenvalue weighted by Gasteiger charge is -1.99. The third kappa shape index (κ3) is 2.85. The molecule has 0 aliphatic carbocycles. The molecule has 0 amide bonds. The summed E-state index contributed by atoms with van der Waals surface area (Å²) >= 11 is 1.57. The molecule has 0 unspecified atom stereocenters. The van der Waals surface area contributed by atoms with Crippen LogP contribution in [0.2, 0.25) is 0 Å². The molecule has 2 heterocycles. The van der Waals surface area contributed by atoms with Gasteiger partial charge in [-0.3, -0.25) is 5.10 Å². The number of nitrogens with one attached hydrogen (secondary N) is 1. The van der Waals surface area contributed by atoms with E-state index in [0.29, 0.717) is 0 Å². The summed E-state index contributed by atoms with van der Waals surface area (Å²) in [5.41, 5.74) is 2.07. The maximum absolute atomic E-state index is 4.53. The molecule has 5 nitrogen and oxygen atoms in total. The molecule has 0 atom stereocenters. The number of hydrogen-bond donors (Lipinski definition) is 1. The summed E-state index contributed by atoms with van der Waals surface area (Å²) in [6, 6.07) is 12.1. The molecule has 0 aliphatic heterocycles. The zero-order valence-electron chi connectivity index (χ0n) is 10.4. The highest BCUT2D eigenvalue weighted by Crippen LogP contribution is 2.18.